The fourth-order valence-electron chi connectivity index (χ4n) is 2.07. The van der Waals surface area contributed by atoms with Gasteiger partial charge in [0, 0.05) is 6.04 Å². The summed E-state index contributed by atoms with van der Waals surface area (Å²) < 4.78 is 16.3. The van der Waals surface area contributed by atoms with Crippen molar-refractivity contribution in [2.24, 2.45) is 0 Å². The molecule has 88 valence electrons. The summed E-state index contributed by atoms with van der Waals surface area (Å²) in [4.78, 5) is 2.52. The van der Waals surface area contributed by atoms with Crippen LogP contribution in [-0.4, -0.2) is 43.9 Å². The average Bonchev–Trinajstić information content (AvgIpc) is 2.90. The second kappa shape index (κ2) is 6.12. The van der Waals surface area contributed by atoms with Crippen molar-refractivity contribution in [3.05, 3.63) is 0 Å². The lowest BCUT2D eigenvalue weighted by atomic mass is 10.2. The van der Waals surface area contributed by atoms with Crippen molar-refractivity contribution < 1.29 is 13.6 Å². The van der Waals surface area contributed by atoms with Gasteiger partial charge in [0.2, 0.25) is 0 Å². The number of rotatable bonds is 5. The summed E-state index contributed by atoms with van der Waals surface area (Å²) in [7, 11) is -1.02. The molecule has 0 unspecified atom stereocenters. The number of nitrogens with zero attached hydrogens (tertiary/aromatic N) is 1. The quantitative estimate of drug-likeness (QED) is 0.681. The molecule has 0 aromatic rings. The van der Waals surface area contributed by atoms with Gasteiger partial charge in [0.1, 0.15) is 0 Å². The third-order valence-electron chi connectivity index (χ3n) is 2.98. The second-order valence-corrected chi connectivity index (χ2v) is 5.21. The van der Waals surface area contributed by atoms with Crippen LogP contribution in [-0.2, 0) is 13.6 Å². The van der Waals surface area contributed by atoms with Crippen molar-refractivity contribution in [3.8, 4) is 0 Å². The maximum atomic E-state index is 5.65. The van der Waals surface area contributed by atoms with E-state index in [0.29, 0.717) is 19.3 Å². The molecule has 4 nitrogen and oxygen atoms in total. The van der Waals surface area contributed by atoms with Crippen LogP contribution in [0.1, 0.15) is 26.2 Å². The maximum absolute atomic E-state index is 5.65. The minimum Gasteiger partial charge on any atom is -0.311 e. The highest BCUT2D eigenvalue weighted by Gasteiger charge is 2.24. The summed E-state index contributed by atoms with van der Waals surface area (Å²) in [5, 5.41) is 0. The summed E-state index contributed by atoms with van der Waals surface area (Å²) in [5.74, 6) is 0. The zero-order valence-corrected chi connectivity index (χ0v) is 10.2. The van der Waals surface area contributed by atoms with Gasteiger partial charge in [-0.3, -0.25) is 4.90 Å². The van der Waals surface area contributed by atoms with E-state index in [9.17, 15) is 0 Å². The van der Waals surface area contributed by atoms with Crippen LogP contribution in [0.25, 0.3) is 0 Å². The van der Waals surface area contributed by atoms with Gasteiger partial charge in [-0.1, -0.05) is 6.92 Å². The molecule has 2 aliphatic rings. The SMILES string of the molecule is CC[C@H](COP1OCCO1)N1CCCC1. The Morgan fingerprint density at radius 2 is 1.93 bits per heavy atom. The molecule has 0 aliphatic carbocycles. The molecule has 2 heterocycles. The Morgan fingerprint density at radius 3 is 2.53 bits per heavy atom. The van der Waals surface area contributed by atoms with E-state index in [4.69, 9.17) is 13.6 Å². The van der Waals surface area contributed by atoms with E-state index < -0.39 is 8.60 Å². The molecule has 0 saturated carbocycles. The highest BCUT2D eigenvalue weighted by molar-refractivity contribution is 7.41. The van der Waals surface area contributed by atoms with Gasteiger partial charge in [0.15, 0.2) is 0 Å². The first-order chi connectivity index (χ1) is 7.40. The Balaban J connectivity index is 1.69. The smallest absolute Gasteiger partial charge is 0.311 e. The molecular weight excluding hydrogens is 213 g/mol. The summed E-state index contributed by atoms with van der Waals surface area (Å²) >= 11 is 0. The largest absolute Gasteiger partial charge is 0.332 e. The first-order valence-corrected chi connectivity index (χ1v) is 6.92. The predicted molar refractivity (Wildman–Crippen MR) is 59.7 cm³/mol. The summed E-state index contributed by atoms with van der Waals surface area (Å²) in [6.07, 6.45) is 3.81. The van der Waals surface area contributed by atoms with Crippen molar-refractivity contribution in [2.75, 3.05) is 32.9 Å². The monoisotopic (exact) mass is 233 g/mol. The molecule has 0 aromatic heterocycles. The summed E-state index contributed by atoms with van der Waals surface area (Å²) in [5.41, 5.74) is 0. The Labute approximate surface area is 92.9 Å². The number of hydrogen-bond donors (Lipinski definition) is 0. The highest BCUT2D eigenvalue weighted by Crippen LogP contribution is 2.43. The van der Waals surface area contributed by atoms with Crippen LogP contribution in [0, 0.1) is 0 Å². The van der Waals surface area contributed by atoms with Crippen LogP contribution in [0.4, 0.5) is 0 Å². The fraction of sp³-hybridized carbons (Fsp3) is 1.00. The number of likely N-dealkylation sites (tertiary alicyclic amines) is 1. The van der Waals surface area contributed by atoms with Crippen LogP contribution in [0.5, 0.6) is 0 Å². The lowest BCUT2D eigenvalue weighted by Crippen LogP contribution is -2.35. The molecule has 0 amide bonds. The Hall–Kier alpha value is 0.270. The van der Waals surface area contributed by atoms with E-state index in [-0.39, 0.29) is 0 Å². The van der Waals surface area contributed by atoms with Crippen molar-refractivity contribution in [2.45, 2.75) is 32.2 Å². The highest BCUT2D eigenvalue weighted by atomic mass is 31.2. The van der Waals surface area contributed by atoms with E-state index in [1.165, 1.54) is 25.9 Å². The third kappa shape index (κ3) is 3.36. The molecule has 2 rings (SSSR count). The maximum Gasteiger partial charge on any atom is 0.332 e. The van der Waals surface area contributed by atoms with E-state index in [1.807, 2.05) is 0 Å². The van der Waals surface area contributed by atoms with Gasteiger partial charge in [0.25, 0.3) is 0 Å². The van der Waals surface area contributed by atoms with Crippen LogP contribution >= 0.6 is 8.60 Å². The molecular formula is C10H20NO3P. The van der Waals surface area contributed by atoms with Gasteiger partial charge in [-0.2, -0.15) is 0 Å². The first-order valence-electron chi connectivity index (χ1n) is 5.83. The molecule has 5 heteroatoms. The second-order valence-electron chi connectivity index (χ2n) is 3.99. The summed E-state index contributed by atoms with van der Waals surface area (Å²) in [6.45, 7) is 6.79. The van der Waals surface area contributed by atoms with Crippen LogP contribution in [0.2, 0.25) is 0 Å². The van der Waals surface area contributed by atoms with E-state index in [0.717, 1.165) is 13.0 Å². The van der Waals surface area contributed by atoms with Crippen LogP contribution < -0.4 is 0 Å². The molecule has 15 heavy (non-hydrogen) atoms. The van der Waals surface area contributed by atoms with Gasteiger partial charge < -0.3 is 13.6 Å². The molecule has 2 saturated heterocycles. The lowest BCUT2D eigenvalue weighted by Gasteiger charge is -2.26. The van der Waals surface area contributed by atoms with Gasteiger partial charge in [-0.25, -0.2) is 0 Å². The van der Waals surface area contributed by atoms with Gasteiger partial charge in [-0.15, -0.1) is 0 Å². The zero-order valence-electron chi connectivity index (χ0n) is 9.35. The Morgan fingerprint density at radius 1 is 1.27 bits per heavy atom. The van der Waals surface area contributed by atoms with Crippen LogP contribution in [0.3, 0.4) is 0 Å². The third-order valence-corrected chi connectivity index (χ3v) is 4.12. The normalized spacial score (nSPS) is 26.2. The first kappa shape index (κ1) is 11.7. The zero-order chi connectivity index (χ0) is 10.5. The van der Waals surface area contributed by atoms with Gasteiger partial charge >= 0.3 is 8.60 Å². The molecule has 2 fully saturated rings. The van der Waals surface area contributed by atoms with E-state index in [1.54, 1.807) is 0 Å². The van der Waals surface area contributed by atoms with Gasteiger partial charge in [0.05, 0.1) is 19.8 Å². The molecule has 0 radical (unpaired) electrons. The van der Waals surface area contributed by atoms with Crippen molar-refractivity contribution in [1.29, 1.82) is 0 Å². The molecule has 0 N–H and O–H groups in total. The average molecular weight is 233 g/mol. The van der Waals surface area contributed by atoms with E-state index in [2.05, 4.69) is 11.8 Å². The molecule has 0 spiro atoms. The van der Waals surface area contributed by atoms with Gasteiger partial charge in [-0.05, 0) is 32.4 Å². The van der Waals surface area contributed by atoms with Crippen molar-refractivity contribution in [3.63, 3.8) is 0 Å². The van der Waals surface area contributed by atoms with Crippen molar-refractivity contribution >= 4 is 8.60 Å². The van der Waals surface area contributed by atoms with Crippen molar-refractivity contribution in [1.82, 2.24) is 4.90 Å². The minimum atomic E-state index is -1.02. The lowest BCUT2D eigenvalue weighted by molar-refractivity contribution is 0.142. The summed E-state index contributed by atoms with van der Waals surface area (Å²) in [6, 6.07) is 0.544. The Kier molecular flexibility index (Phi) is 4.79. The molecule has 1 atom stereocenters. The Bertz CT molecular complexity index is 182. The minimum absolute atomic E-state index is 0.544. The fourth-order valence-corrected chi connectivity index (χ4v) is 3.04. The topological polar surface area (TPSA) is 30.9 Å². The molecule has 0 bridgehead atoms. The number of hydrogen-bond acceptors (Lipinski definition) is 4. The standard InChI is InChI=1S/C10H20NO3P/c1-2-10(11-5-3-4-6-11)9-14-15-12-7-8-13-15/h10H,2-9H2,1H3/t10-/m1/s1. The predicted octanol–water partition coefficient (Wildman–Crippen LogP) is 2.15. The molecule has 2 aliphatic heterocycles. The van der Waals surface area contributed by atoms with Crippen LogP contribution in [0.15, 0.2) is 0 Å². The van der Waals surface area contributed by atoms with E-state index >= 15 is 0 Å². The molecule has 0 aromatic carbocycles.